The van der Waals surface area contributed by atoms with Crippen molar-refractivity contribution in [1.29, 1.82) is 0 Å². The van der Waals surface area contributed by atoms with Crippen LogP contribution in [0.25, 0.3) is 0 Å². The van der Waals surface area contributed by atoms with Crippen LogP contribution in [0.2, 0.25) is 0 Å². The standard InChI is InChI=1S/C28H49N9O9/c1-17(2)11-21(28(44)45)33-24(40)19(5-3-4-6-29)32-26(42)22(14-38)35-27(43)23(15-39)34-25(41)20(12-18-13-30-16-31-18)36-37-7-9-46-10-8-37/h13,16-17,19-23,36,38-39H,3-12,14-15,29H2,1-2H3,(H,30,31)(H,32,42)(H,33,40)(H,34,41)(H,35,43)(H,44,45)/t19-,20-,21-,22-,23-/m0/s1. The number of carbonyl (C=O) groups excluding carboxylic acids is 4. The first-order valence-corrected chi connectivity index (χ1v) is 15.4. The van der Waals surface area contributed by atoms with E-state index >= 15 is 0 Å². The van der Waals surface area contributed by atoms with Crippen molar-refractivity contribution in [2.75, 3.05) is 46.1 Å². The number of nitrogens with one attached hydrogen (secondary N) is 6. The van der Waals surface area contributed by atoms with E-state index < -0.39 is 73.0 Å². The van der Waals surface area contributed by atoms with Crippen LogP contribution in [0.3, 0.4) is 0 Å². The van der Waals surface area contributed by atoms with E-state index in [1.807, 2.05) is 5.01 Å². The molecule has 0 saturated carbocycles. The maximum atomic E-state index is 13.3. The lowest BCUT2D eigenvalue weighted by atomic mass is 10.0. The van der Waals surface area contributed by atoms with Crippen LogP contribution in [0.15, 0.2) is 12.5 Å². The summed E-state index contributed by atoms with van der Waals surface area (Å²) in [6.07, 6.45) is 4.50. The van der Waals surface area contributed by atoms with Crippen LogP contribution in [0.1, 0.15) is 45.2 Å². The van der Waals surface area contributed by atoms with Gasteiger partial charge in [0.1, 0.15) is 30.2 Å². The number of hydrogen-bond donors (Lipinski definition) is 10. The van der Waals surface area contributed by atoms with Crippen molar-refractivity contribution >= 4 is 29.6 Å². The van der Waals surface area contributed by atoms with E-state index in [1.54, 1.807) is 20.0 Å². The Morgan fingerprint density at radius 3 is 1.93 bits per heavy atom. The number of nitrogens with two attached hydrogens (primary N) is 1. The monoisotopic (exact) mass is 655 g/mol. The van der Waals surface area contributed by atoms with E-state index in [9.17, 15) is 39.3 Å². The molecule has 11 N–H and O–H groups in total. The molecule has 46 heavy (non-hydrogen) atoms. The Kier molecular flexibility index (Phi) is 17.1. The number of carboxylic acids is 1. The largest absolute Gasteiger partial charge is 0.480 e. The zero-order chi connectivity index (χ0) is 34.1. The van der Waals surface area contributed by atoms with Gasteiger partial charge in [-0.15, -0.1) is 0 Å². The molecule has 1 aromatic heterocycles. The number of unbranched alkanes of at least 4 members (excludes halogenated alkanes) is 1. The quantitative estimate of drug-likeness (QED) is 0.0573. The van der Waals surface area contributed by atoms with Gasteiger partial charge in [-0.2, -0.15) is 0 Å². The molecule has 4 amide bonds. The molecule has 0 unspecified atom stereocenters. The minimum absolute atomic E-state index is 0.0311. The second kappa shape index (κ2) is 20.4. The molecule has 0 radical (unpaired) electrons. The number of aromatic amines is 1. The summed E-state index contributed by atoms with van der Waals surface area (Å²) < 4.78 is 5.34. The number of aliphatic hydroxyl groups excluding tert-OH is 2. The highest BCUT2D eigenvalue weighted by atomic mass is 16.5. The van der Waals surface area contributed by atoms with Gasteiger partial charge in [-0.05, 0) is 38.1 Å². The first kappa shape index (κ1) is 38.5. The minimum atomic E-state index is -1.56. The summed E-state index contributed by atoms with van der Waals surface area (Å²) in [7, 11) is 0. The summed E-state index contributed by atoms with van der Waals surface area (Å²) in [4.78, 5) is 71.1. The normalized spacial score (nSPS) is 16.9. The zero-order valence-corrected chi connectivity index (χ0v) is 26.4. The van der Waals surface area contributed by atoms with Crippen LogP contribution in [0, 0.1) is 5.92 Å². The van der Waals surface area contributed by atoms with Gasteiger partial charge in [0.15, 0.2) is 0 Å². The molecule has 5 atom stereocenters. The highest BCUT2D eigenvalue weighted by Gasteiger charge is 2.32. The number of amides is 4. The van der Waals surface area contributed by atoms with Crippen LogP contribution >= 0.6 is 0 Å². The average Bonchev–Trinajstić information content (AvgIpc) is 3.54. The van der Waals surface area contributed by atoms with E-state index in [1.165, 1.54) is 6.33 Å². The molecule has 0 spiro atoms. The topological polar surface area (TPSA) is 273 Å². The molecule has 260 valence electrons. The van der Waals surface area contributed by atoms with Gasteiger partial charge in [0, 0.05) is 25.7 Å². The summed E-state index contributed by atoms with van der Waals surface area (Å²) in [6, 6.07) is -6.28. The molecule has 0 aliphatic carbocycles. The smallest absolute Gasteiger partial charge is 0.326 e. The molecule has 1 saturated heterocycles. The first-order chi connectivity index (χ1) is 22.0. The highest BCUT2D eigenvalue weighted by molar-refractivity contribution is 5.95. The zero-order valence-electron chi connectivity index (χ0n) is 26.4. The van der Waals surface area contributed by atoms with Gasteiger partial charge in [-0.1, -0.05) is 13.8 Å². The fraction of sp³-hybridized carbons (Fsp3) is 0.714. The number of nitrogens with zero attached hydrogens (tertiary/aromatic N) is 2. The van der Waals surface area contributed by atoms with E-state index in [2.05, 4.69) is 36.7 Å². The molecule has 2 rings (SSSR count). The molecule has 0 bridgehead atoms. The number of aliphatic hydroxyl groups is 2. The van der Waals surface area contributed by atoms with E-state index in [0.29, 0.717) is 51.4 Å². The SMILES string of the molecule is CC(C)C[C@H](NC(=O)[C@H](CCCCN)NC(=O)[C@H](CO)NC(=O)[C@H](CO)NC(=O)[C@H](Cc1c[nH]cn1)NN1CCOCC1)C(=O)O. The number of rotatable bonds is 21. The maximum absolute atomic E-state index is 13.3. The van der Waals surface area contributed by atoms with Gasteiger partial charge >= 0.3 is 5.97 Å². The molecule has 18 heteroatoms. The highest BCUT2D eigenvalue weighted by Crippen LogP contribution is 2.08. The van der Waals surface area contributed by atoms with Crippen molar-refractivity contribution in [3.05, 3.63) is 18.2 Å². The first-order valence-electron chi connectivity index (χ1n) is 15.4. The minimum Gasteiger partial charge on any atom is -0.480 e. The predicted molar refractivity (Wildman–Crippen MR) is 163 cm³/mol. The molecular weight excluding hydrogens is 606 g/mol. The average molecular weight is 656 g/mol. The Morgan fingerprint density at radius 1 is 0.891 bits per heavy atom. The third kappa shape index (κ3) is 13.4. The number of aliphatic carboxylic acids is 1. The third-order valence-electron chi connectivity index (χ3n) is 7.17. The lowest BCUT2D eigenvalue weighted by molar-refractivity contribution is -0.143. The summed E-state index contributed by atoms with van der Waals surface area (Å²) in [5.41, 5.74) is 9.23. The van der Waals surface area contributed by atoms with Gasteiger partial charge < -0.3 is 52.0 Å². The fourth-order valence-corrected chi connectivity index (χ4v) is 4.65. The lowest BCUT2D eigenvalue weighted by Crippen LogP contribution is -2.61. The summed E-state index contributed by atoms with van der Waals surface area (Å²) >= 11 is 0. The van der Waals surface area contributed by atoms with Crippen molar-refractivity contribution in [2.24, 2.45) is 11.7 Å². The number of carboxylic acid groups (broad SMARTS) is 1. The lowest BCUT2D eigenvalue weighted by Gasteiger charge is -2.31. The van der Waals surface area contributed by atoms with Gasteiger partial charge in [0.25, 0.3) is 0 Å². The molecule has 1 aliphatic heterocycles. The number of ether oxygens (including phenoxy) is 1. The van der Waals surface area contributed by atoms with Crippen LogP contribution in [0.5, 0.6) is 0 Å². The Labute approximate surface area is 267 Å². The van der Waals surface area contributed by atoms with Crippen LogP contribution in [0.4, 0.5) is 0 Å². The van der Waals surface area contributed by atoms with Crippen LogP contribution < -0.4 is 32.4 Å². The van der Waals surface area contributed by atoms with E-state index in [0.717, 1.165) is 0 Å². The molecular formula is C28H49N9O9. The molecule has 18 nitrogen and oxygen atoms in total. The van der Waals surface area contributed by atoms with Crippen molar-refractivity contribution < 1.29 is 44.0 Å². The number of carbonyl (C=O) groups is 5. The van der Waals surface area contributed by atoms with Gasteiger partial charge in [0.2, 0.25) is 23.6 Å². The van der Waals surface area contributed by atoms with Crippen LogP contribution in [-0.4, -0.2) is 136 Å². The Balaban J connectivity index is 2.08. The number of morpholine rings is 1. The molecule has 2 heterocycles. The summed E-state index contributed by atoms with van der Waals surface area (Å²) in [5, 5.41) is 40.9. The number of hydrogen-bond acceptors (Lipinski definition) is 12. The van der Waals surface area contributed by atoms with Crippen LogP contribution in [-0.2, 0) is 35.1 Å². The van der Waals surface area contributed by atoms with Gasteiger partial charge in [-0.25, -0.2) is 20.2 Å². The number of imidazole rings is 1. The molecule has 1 fully saturated rings. The van der Waals surface area contributed by atoms with Gasteiger partial charge in [0.05, 0.1) is 38.4 Å². The van der Waals surface area contributed by atoms with E-state index in [-0.39, 0.29) is 25.2 Å². The predicted octanol–water partition coefficient (Wildman–Crippen LogP) is -3.66. The van der Waals surface area contributed by atoms with Crippen molar-refractivity contribution in [3.63, 3.8) is 0 Å². The van der Waals surface area contributed by atoms with Crippen molar-refractivity contribution in [3.8, 4) is 0 Å². The Morgan fingerprint density at radius 2 is 1.43 bits per heavy atom. The second-order valence-corrected chi connectivity index (χ2v) is 11.4. The number of H-pyrrole nitrogens is 1. The third-order valence-corrected chi connectivity index (χ3v) is 7.17. The van der Waals surface area contributed by atoms with E-state index in [4.69, 9.17) is 10.5 Å². The molecule has 1 aliphatic rings. The van der Waals surface area contributed by atoms with Gasteiger partial charge in [-0.3, -0.25) is 19.2 Å². The second-order valence-electron chi connectivity index (χ2n) is 11.4. The van der Waals surface area contributed by atoms with Crippen molar-refractivity contribution in [2.45, 2.75) is 76.2 Å². The fourth-order valence-electron chi connectivity index (χ4n) is 4.65. The molecule has 1 aromatic rings. The van der Waals surface area contributed by atoms with Crippen molar-refractivity contribution in [1.82, 2.24) is 41.7 Å². The molecule has 0 aromatic carbocycles. The Hall–Kier alpha value is -3.68. The Bertz CT molecular complexity index is 1100. The summed E-state index contributed by atoms with van der Waals surface area (Å²) in [6.45, 7) is 4.21. The number of hydrazine groups is 1. The number of aromatic nitrogens is 2. The maximum Gasteiger partial charge on any atom is 0.326 e. The summed E-state index contributed by atoms with van der Waals surface area (Å²) in [5.74, 6) is -4.50.